The predicted octanol–water partition coefficient (Wildman–Crippen LogP) is 9.04. The molecule has 128 heavy (non-hydrogen) atoms. The van der Waals surface area contributed by atoms with Crippen LogP contribution >= 0.6 is 12.2 Å². The van der Waals surface area contributed by atoms with Crippen LogP contribution < -0.4 is 63.0 Å². The van der Waals surface area contributed by atoms with Crippen LogP contribution in [-0.4, -0.2) is 214 Å². The minimum Gasteiger partial charge on any atom is -0.459 e. The highest BCUT2D eigenvalue weighted by Gasteiger charge is 2.38. The predicted molar refractivity (Wildman–Crippen MR) is 479 cm³/mol. The van der Waals surface area contributed by atoms with E-state index >= 15 is 8.78 Å². The van der Waals surface area contributed by atoms with Crippen molar-refractivity contribution in [3.8, 4) is 22.3 Å². The third-order valence-electron chi connectivity index (χ3n) is 23.6. The molecule has 0 saturated carbocycles. The molecule has 6 amide bonds. The molecule has 4 saturated heterocycles. The minimum atomic E-state index is -1.11. The number of carbonyl (C=O) groups is 12. The van der Waals surface area contributed by atoms with Gasteiger partial charge in [0.05, 0.1) is 71.5 Å². The first-order chi connectivity index (χ1) is 61.7. The van der Waals surface area contributed by atoms with Crippen LogP contribution in [0.5, 0.6) is 0 Å². The molecular formula is C95H104F2N14O16S. The molecule has 6 aliphatic rings. The Morgan fingerprint density at radius 2 is 0.828 bits per heavy atom. The molecule has 14 rings (SSSR count). The van der Waals surface area contributed by atoms with E-state index in [1.807, 2.05) is 114 Å². The maximum atomic E-state index is 15.4. The number of carbonyl (C=O) groups excluding carboxylic acids is 12. The van der Waals surface area contributed by atoms with Crippen LogP contribution in [0.15, 0.2) is 182 Å². The number of Topliss-reactive ketones (excluding diaryl/α,β-unsaturated/α-hetero) is 4. The second kappa shape index (κ2) is 43.0. The van der Waals surface area contributed by atoms with Gasteiger partial charge < -0.3 is 60.2 Å². The Bertz CT molecular complexity index is 5390. The standard InChI is InChI=1S/C49H54FN7O8S.C46H50FN7O8/c1-4-44(66)51-27-35-28-57(49(63)65-35)34-17-18-42(41(50)25-34)55-21-23-56(24-22-55)45(59)20-19-43(58)33-15-13-32(14-16-33)26-52-54-31(3)47(61)53-30(2)46(60)48(62)64-29-40-38-11-7-5-9-36(38)37-10-6-8-12-39(37)40;1-28(43(57)45(59)61-27-38-36-9-5-3-7-34(36)35-8-4-6-10-37(35)38)50-44(58)29(2)51-49-25-30-11-13-31(14-12-30)41(55)17-18-42(56)53-21-19-52(20-22-53)40-16-15-32(23-39(40)47)54-26-33(24-48)62-46(54)60/h5-18,25,30-31,35,40,52,54H,4,19-24,26-29H2,1-3H3,(H,51,66)(H,53,61);3-16,23,28-29,33,38,49,51H,17-22,24-27,48H2,1-2H3,(H,50,58)/t30-,31-,35-;28-,29-,33-/m00/s1. The molecule has 8 aromatic rings. The molecule has 33 heteroatoms. The number of nitrogens with one attached hydrogen (secondary N) is 7. The zero-order valence-electron chi connectivity index (χ0n) is 71.7. The van der Waals surface area contributed by atoms with Gasteiger partial charge in [0.25, 0.3) is 11.6 Å². The van der Waals surface area contributed by atoms with E-state index in [-0.39, 0.29) is 93.7 Å². The zero-order chi connectivity index (χ0) is 90.8. The second-order valence-corrected chi connectivity index (χ2v) is 32.6. The van der Waals surface area contributed by atoms with Gasteiger partial charge in [-0.1, -0.05) is 165 Å². The Kier molecular flexibility index (Phi) is 31.1. The summed E-state index contributed by atoms with van der Waals surface area (Å²) >= 11 is 5.18. The zero-order valence-corrected chi connectivity index (χ0v) is 72.6. The summed E-state index contributed by atoms with van der Waals surface area (Å²) in [7, 11) is 0. The Balaban J connectivity index is 0.000000219. The highest BCUT2D eigenvalue weighted by molar-refractivity contribution is 7.80. The van der Waals surface area contributed by atoms with E-state index in [0.717, 1.165) is 55.6 Å². The number of nitrogens with zero attached hydrogens (tertiary/aromatic N) is 6. The number of esters is 2. The lowest BCUT2D eigenvalue weighted by Gasteiger charge is -2.36. The molecule has 9 N–H and O–H groups in total. The molecule has 0 spiro atoms. The van der Waals surface area contributed by atoms with E-state index < -0.39 is 95.5 Å². The number of anilines is 4. The van der Waals surface area contributed by atoms with Gasteiger partial charge in [-0.05, 0) is 126 Å². The van der Waals surface area contributed by atoms with Crippen molar-refractivity contribution in [2.45, 2.75) is 128 Å². The summed E-state index contributed by atoms with van der Waals surface area (Å²) in [5, 5.41) is 8.20. The number of rotatable bonds is 36. The number of fused-ring (bicyclic) bond motifs is 6. The third-order valence-corrected chi connectivity index (χ3v) is 24.0. The van der Waals surface area contributed by atoms with E-state index in [4.69, 9.17) is 36.9 Å². The molecule has 8 aromatic carbocycles. The van der Waals surface area contributed by atoms with Crippen LogP contribution in [-0.2, 0) is 70.4 Å². The summed E-state index contributed by atoms with van der Waals surface area (Å²) < 4.78 is 52.0. The summed E-state index contributed by atoms with van der Waals surface area (Å²) in [6.45, 7) is 12.8. The molecule has 0 radical (unpaired) electrons. The second-order valence-electron chi connectivity index (χ2n) is 32.2. The largest absolute Gasteiger partial charge is 0.459 e. The molecule has 0 bridgehead atoms. The van der Waals surface area contributed by atoms with E-state index in [1.165, 1.54) is 35.8 Å². The highest BCUT2D eigenvalue weighted by atomic mass is 32.1. The van der Waals surface area contributed by atoms with E-state index in [9.17, 15) is 57.5 Å². The number of hydrogen-bond acceptors (Lipinski definition) is 24. The van der Waals surface area contributed by atoms with Crippen molar-refractivity contribution in [2.24, 2.45) is 5.73 Å². The van der Waals surface area contributed by atoms with Gasteiger partial charge in [0.1, 0.15) is 37.1 Å². The van der Waals surface area contributed by atoms with Crippen LogP contribution in [0.3, 0.4) is 0 Å². The molecule has 6 atom stereocenters. The SMILES string of the molecule is CCC(=S)NC[C@H]1CN(c2ccc(N3CCN(C(=O)CCC(=O)c4ccc(CNN[C@@H](C)C(=O)N[C@@H](C)C(=O)C(=O)OCC5c6ccccc6-c6ccccc65)cc4)CC3)c(F)c2)C(=O)O1.C[C@H](NNCc1ccc(C(=O)CCC(=O)N2CCN(c3ccc(N4C[C@H](CN)OC4=O)cc3F)CC2)cc1)C(=O)N[C@@H](C)C(=O)C(=O)OCC1c2ccccc2-c2ccccc21. The number of ketones is 4. The molecule has 2 aliphatic carbocycles. The number of thiocarbonyl (C=S) groups is 1. The average Bonchev–Trinajstić information content (AvgIpc) is 1.62. The first-order valence-corrected chi connectivity index (χ1v) is 43.3. The van der Waals surface area contributed by atoms with Crippen LogP contribution in [0.4, 0.5) is 41.1 Å². The summed E-state index contributed by atoms with van der Waals surface area (Å²) in [5.74, 6) is -6.78. The van der Waals surface area contributed by atoms with Gasteiger partial charge >= 0.3 is 24.1 Å². The maximum absolute atomic E-state index is 15.4. The summed E-state index contributed by atoms with van der Waals surface area (Å²) in [4.78, 5) is 164. The fourth-order valence-corrected chi connectivity index (χ4v) is 16.3. The van der Waals surface area contributed by atoms with Gasteiger partial charge in [-0.3, -0.25) is 59.0 Å². The van der Waals surface area contributed by atoms with Crippen molar-refractivity contribution >= 4 is 111 Å². The van der Waals surface area contributed by atoms with E-state index in [2.05, 4.69) is 37.7 Å². The number of hydrogen-bond donors (Lipinski definition) is 8. The van der Waals surface area contributed by atoms with Gasteiger partial charge in [0.15, 0.2) is 11.6 Å². The summed E-state index contributed by atoms with van der Waals surface area (Å²) in [6.07, 6.45) is -1.12. The summed E-state index contributed by atoms with van der Waals surface area (Å²) in [6, 6.07) is 50.8. The smallest absolute Gasteiger partial charge is 0.414 e. The van der Waals surface area contributed by atoms with Crippen molar-refractivity contribution in [3.63, 3.8) is 0 Å². The summed E-state index contributed by atoms with van der Waals surface area (Å²) in [5.41, 5.74) is 29.8. The number of halogens is 2. The van der Waals surface area contributed by atoms with E-state index in [0.29, 0.717) is 117 Å². The van der Waals surface area contributed by atoms with Crippen molar-refractivity contribution in [1.29, 1.82) is 0 Å². The molecule has 4 aliphatic heterocycles. The number of piperazine rings is 2. The number of amides is 6. The lowest BCUT2D eigenvalue weighted by Crippen LogP contribution is -2.52. The Hall–Kier alpha value is -13.1. The maximum Gasteiger partial charge on any atom is 0.414 e. The quantitative estimate of drug-likeness (QED) is 0.00453. The fraction of sp³-hybridized carbons (Fsp3) is 0.358. The van der Waals surface area contributed by atoms with Crippen molar-refractivity contribution in [2.75, 3.05) is 111 Å². The van der Waals surface area contributed by atoms with Crippen molar-refractivity contribution in [1.82, 2.24) is 47.5 Å². The lowest BCUT2D eigenvalue weighted by atomic mass is 9.98. The Labute approximate surface area is 745 Å². The molecule has 670 valence electrons. The molecule has 0 aromatic heterocycles. The molecule has 0 unspecified atom stereocenters. The first kappa shape index (κ1) is 92.6. The van der Waals surface area contributed by atoms with E-state index in [1.54, 1.807) is 96.4 Å². The average molecular weight is 1770 g/mol. The van der Waals surface area contributed by atoms with Crippen molar-refractivity contribution < 1.29 is 85.3 Å². The minimum absolute atomic E-state index is 0.00253. The monoisotopic (exact) mass is 1770 g/mol. The number of benzene rings is 8. The van der Waals surface area contributed by atoms with Gasteiger partial charge in [0.2, 0.25) is 23.6 Å². The molecule has 4 heterocycles. The Morgan fingerprint density at radius 1 is 0.469 bits per heavy atom. The third kappa shape index (κ3) is 22.7. The lowest BCUT2D eigenvalue weighted by molar-refractivity contribution is -0.155. The van der Waals surface area contributed by atoms with Crippen LogP contribution in [0.2, 0.25) is 0 Å². The number of ether oxygens (including phenoxy) is 4. The van der Waals surface area contributed by atoms with Gasteiger partial charge in [-0.15, -0.1) is 0 Å². The van der Waals surface area contributed by atoms with Crippen LogP contribution in [0.25, 0.3) is 22.3 Å². The van der Waals surface area contributed by atoms with Crippen LogP contribution in [0, 0.1) is 11.6 Å². The molecule has 30 nitrogen and oxygen atoms in total. The first-order valence-electron chi connectivity index (χ1n) is 42.9. The van der Waals surface area contributed by atoms with Gasteiger partial charge in [-0.25, -0.2) is 38.8 Å². The van der Waals surface area contributed by atoms with Crippen molar-refractivity contribution in [3.05, 3.63) is 238 Å². The van der Waals surface area contributed by atoms with Crippen LogP contribution in [0.1, 0.15) is 133 Å². The fourth-order valence-electron chi connectivity index (χ4n) is 16.2. The Morgan fingerprint density at radius 3 is 1.18 bits per heavy atom. The van der Waals surface area contributed by atoms with Gasteiger partial charge in [-0.2, -0.15) is 0 Å². The number of cyclic esters (lactones) is 2. The highest BCUT2D eigenvalue weighted by Crippen LogP contribution is 2.46. The normalized spacial score (nSPS) is 16.7. The topological polar surface area (TPSA) is 371 Å². The number of hydrazine groups is 2. The number of nitrogens with two attached hydrogens (primary N) is 1. The molecular weight excluding hydrogens is 1660 g/mol. The van der Waals surface area contributed by atoms with Gasteiger partial charge in [0, 0.05) is 121 Å². The molecule has 4 fully saturated rings.